The topological polar surface area (TPSA) is 184 Å². The minimum atomic E-state index is -1.10. The second kappa shape index (κ2) is 13.9. The third kappa shape index (κ3) is 5.70. The predicted octanol–water partition coefficient (Wildman–Crippen LogP) is 11.9. The van der Waals surface area contributed by atoms with Gasteiger partial charge in [-0.05, 0) is 90.0 Å². The van der Waals surface area contributed by atoms with E-state index in [0.717, 1.165) is 55.0 Å². The van der Waals surface area contributed by atoms with Crippen molar-refractivity contribution < 1.29 is 34.4 Å². The van der Waals surface area contributed by atoms with Crippen LogP contribution in [0.4, 0.5) is 0 Å². The van der Waals surface area contributed by atoms with Gasteiger partial charge >= 0.3 is 0 Å². The van der Waals surface area contributed by atoms with Gasteiger partial charge in [-0.15, -0.1) is 0 Å². The molecule has 12 rings (SSSR count). The number of phenolic OH excluding ortho intramolecular Hbond substituents is 5. The summed E-state index contributed by atoms with van der Waals surface area (Å²) in [5.74, 6) is -4.78. The molecule has 0 spiro atoms. The average Bonchev–Trinajstić information content (AvgIpc) is 4.04. The van der Waals surface area contributed by atoms with Gasteiger partial charge in [-0.3, -0.25) is 0 Å². The first-order valence-electron chi connectivity index (χ1n) is 20.2. The molecule has 0 saturated heterocycles. The molecule has 12 heteroatoms. The van der Waals surface area contributed by atoms with Crippen molar-refractivity contribution in [2.45, 2.75) is 0 Å². The molecule has 0 atom stereocenters. The van der Waals surface area contributed by atoms with E-state index in [2.05, 4.69) is 74.1 Å². The van der Waals surface area contributed by atoms with Crippen LogP contribution in [0.5, 0.6) is 28.7 Å². The van der Waals surface area contributed by atoms with E-state index in [1.807, 2.05) is 78.9 Å². The molecule has 12 aromatic rings. The molecule has 0 bridgehead atoms. The van der Waals surface area contributed by atoms with Gasteiger partial charge in [0.1, 0.15) is 22.2 Å². The highest BCUT2D eigenvalue weighted by Crippen LogP contribution is 2.54. The molecule has 0 unspecified atom stereocenters. The third-order valence-corrected chi connectivity index (χ3v) is 11.6. The Labute approximate surface area is 361 Å². The summed E-state index contributed by atoms with van der Waals surface area (Å²) in [5.41, 5.74) is 8.91. The van der Waals surface area contributed by atoms with Crippen molar-refractivity contribution in [3.8, 4) is 91.2 Å². The Balaban J connectivity index is 0.993. The van der Waals surface area contributed by atoms with E-state index in [-0.39, 0.29) is 17.5 Å². The molecule has 64 heavy (non-hydrogen) atoms. The van der Waals surface area contributed by atoms with Crippen molar-refractivity contribution in [1.29, 1.82) is 0 Å². The van der Waals surface area contributed by atoms with Gasteiger partial charge in [-0.1, -0.05) is 78.9 Å². The second-order valence-corrected chi connectivity index (χ2v) is 15.4. The highest BCUT2D eigenvalue weighted by Gasteiger charge is 2.28. The Hall–Kier alpha value is -9.16. The van der Waals surface area contributed by atoms with Crippen LogP contribution in [0.25, 0.3) is 117 Å². The second-order valence-electron chi connectivity index (χ2n) is 15.4. The summed E-state index contributed by atoms with van der Waals surface area (Å²) in [6.07, 6.45) is 0. The standard InChI is InChI=1S/C52H31N5O7/c58-44-43(45(59)47(61)48(62)46(44)60)51-55-49(30-17-21-41-37(24-30)53-52(64-41)28-11-5-2-6-12-28)54-50(56-51)31-15-19-34-36-26-32(18-22-40(36)63-42(34)25-31)57-38-14-8-7-13-33(38)35-23-29(16-20-39(35)57)27-9-3-1-4-10-27/h1-26,58-62H. The number of phenols is 5. The number of aromatic nitrogens is 5. The molecular formula is C52H31N5O7. The van der Waals surface area contributed by atoms with Crippen molar-refractivity contribution >= 4 is 54.8 Å². The van der Waals surface area contributed by atoms with Crippen molar-refractivity contribution in [3.63, 3.8) is 0 Å². The van der Waals surface area contributed by atoms with E-state index in [9.17, 15) is 25.5 Å². The first kappa shape index (κ1) is 36.7. The van der Waals surface area contributed by atoms with Gasteiger partial charge in [0.2, 0.25) is 23.1 Å². The van der Waals surface area contributed by atoms with Crippen LogP contribution in [0.3, 0.4) is 0 Å². The van der Waals surface area contributed by atoms with E-state index in [4.69, 9.17) is 13.8 Å². The Morgan fingerprint density at radius 2 is 0.969 bits per heavy atom. The molecular weight excluding hydrogens is 807 g/mol. The monoisotopic (exact) mass is 837 g/mol. The van der Waals surface area contributed by atoms with Gasteiger partial charge < -0.3 is 38.9 Å². The zero-order chi connectivity index (χ0) is 43.2. The van der Waals surface area contributed by atoms with Crippen molar-refractivity contribution in [3.05, 3.63) is 158 Å². The Kier molecular flexibility index (Phi) is 7.99. The lowest BCUT2D eigenvalue weighted by atomic mass is 10.0. The van der Waals surface area contributed by atoms with Crippen molar-refractivity contribution in [2.75, 3.05) is 0 Å². The normalized spacial score (nSPS) is 11.8. The van der Waals surface area contributed by atoms with Gasteiger partial charge in [-0.2, -0.15) is 0 Å². The lowest BCUT2D eigenvalue weighted by Crippen LogP contribution is -2.01. The highest BCUT2D eigenvalue weighted by atomic mass is 16.4. The maximum atomic E-state index is 11.0. The van der Waals surface area contributed by atoms with E-state index in [0.29, 0.717) is 39.3 Å². The third-order valence-electron chi connectivity index (χ3n) is 11.6. The summed E-state index contributed by atoms with van der Waals surface area (Å²) in [6.45, 7) is 0. The molecule has 0 aliphatic rings. The Morgan fingerprint density at radius 1 is 0.359 bits per heavy atom. The smallest absolute Gasteiger partial charge is 0.227 e. The van der Waals surface area contributed by atoms with Crippen LogP contribution < -0.4 is 0 Å². The Bertz CT molecular complexity index is 3830. The largest absolute Gasteiger partial charge is 0.504 e. The molecule has 306 valence electrons. The summed E-state index contributed by atoms with van der Waals surface area (Å²) in [5, 5.41) is 57.1. The van der Waals surface area contributed by atoms with Crippen molar-refractivity contribution in [1.82, 2.24) is 24.5 Å². The number of hydrogen-bond donors (Lipinski definition) is 5. The molecule has 4 heterocycles. The van der Waals surface area contributed by atoms with E-state index < -0.39 is 34.3 Å². The lowest BCUT2D eigenvalue weighted by Gasteiger charge is -2.13. The minimum absolute atomic E-state index is 0.105. The van der Waals surface area contributed by atoms with E-state index in [1.54, 1.807) is 24.3 Å². The molecule has 12 nitrogen and oxygen atoms in total. The van der Waals surface area contributed by atoms with Gasteiger partial charge in [0.25, 0.3) is 0 Å². The first-order chi connectivity index (χ1) is 31.3. The number of furan rings is 1. The van der Waals surface area contributed by atoms with Crippen LogP contribution in [-0.4, -0.2) is 50.0 Å². The number of oxazole rings is 1. The maximum Gasteiger partial charge on any atom is 0.227 e. The molecule has 0 aliphatic carbocycles. The molecule has 0 fully saturated rings. The number of nitrogens with zero attached hydrogens (tertiary/aromatic N) is 5. The molecule has 8 aromatic carbocycles. The van der Waals surface area contributed by atoms with Crippen LogP contribution in [-0.2, 0) is 0 Å². The van der Waals surface area contributed by atoms with Crippen LogP contribution in [0.1, 0.15) is 0 Å². The van der Waals surface area contributed by atoms with Gasteiger partial charge in [-0.25, -0.2) is 19.9 Å². The maximum absolute atomic E-state index is 11.0. The fourth-order valence-electron chi connectivity index (χ4n) is 8.52. The van der Waals surface area contributed by atoms with Crippen LogP contribution in [0.15, 0.2) is 167 Å². The van der Waals surface area contributed by atoms with Crippen LogP contribution >= 0.6 is 0 Å². The van der Waals surface area contributed by atoms with Crippen LogP contribution in [0.2, 0.25) is 0 Å². The molecule has 0 saturated carbocycles. The number of para-hydroxylation sites is 1. The number of aromatic hydroxyl groups is 5. The van der Waals surface area contributed by atoms with E-state index >= 15 is 0 Å². The summed E-state index contributed by atoms with van der Waals surface area (Å²) < 4.78 is 14.7. The number of hydrogen-bond acceptors (Lipinski definition) is 11. The summed E-state index contributed by atoms with van der Waals surface area (Å²) in [7, 11) is 0. The summed E-state index contributed by atoms with van der Waals surface area (Å²) >= 11 is 0. The molecule has 0 amide bonds. The van der Waals surface area contributed by atoms with Crippen molar-refractivity contribution in [2.24, 2.45) is 0 Å². The van der Waals surface area contributed by atoms with E-state index in [1.165, 1.54) is 0 Å². The highest BCUT2D eigenvalue weighted by molar-refractivity contribution is 6.12. The first-order valence-corrected chi connectivity index (χ1v) is 20.2. The minimum Gasteiger partial charge on any atom is -0.504 e. The fraction of sp³-hybridized carbons (Fsp3) is 0. The molecule has 5 N–H and O–H groups in total. The number of rotatable bonds is 6. The predicted molar refractivity (Wildman–Crippen MR) is 245 cm³/mol. The molecule has 0 aliphatic heterocycles. The fourth-order valence-corrected chi connectivity index (χ4v) is 8.52. The van der Waals surface area contributed by atoms with Crippen LogP contribution in [0, 0.1) is 0 Å². The zero-order valence-electron chi connectivity index (χ0n) is 33.3. The number of fused-ring (bicyclic) bond motifs is 7. The average molecular weight is 838 g/mol. The Morgan fingerprint density at radius 3 is 1.73 bits per heavy atom. The van der Waals surface area contributed by atoms with Gasteiger partial charge in [0.15, 0.2) is 34.6 Å². The van der Waals surface area contributed by atoms with Gasteiger partial charge in [0, 0.05) is 43.9 Å². The lowest BCUT2D eigenvalue weighted by molar-refractivity contribution is 0.329. The molecule has 0 radical (unpaired) electrons. The summed E-state index contributed by atoms with van der Waals surface area (Å²) in [4.78, 5) is 18.7. The van der Waals surface area contributed by atoms with Gasteiger partial charge in [0.05, 0.1) is 11.0 Å². The zero-order valence-corrected chi connectivity index (χ0v) is 33.3. The summed E-state index contributed by atoms with van der Waals surface area (Å²) in [6, 6.07) is 51.6. The number of benzene rings is 8. The quantitative estimate of drug-likeness (QED) is 0.0793. The molecule has 4 aromatic heterocycles. The SMILES string of the molecule is Oc1c(O)c(O)c(-c2nc(-c3ccc4oc(-c5ccccc5)nc4c3)nc(-c3ccc4c(c3)oc3ccc(-n5c6ccccc6c6cc(-c7ccccc7)ccc65)cc34)n2)c(O)c1O.